The molecule has 1 aromatic rings. The molecule has 1 aliphatic rings. The van der Waals surface area contributed by atoms with E-state index in [1.807, 2.05) is 19.1 Å². The summed E-state index contributed by atoms with van der Waals surface area (Å²) in [5.74, 6) is 1.51. The second-order valence-corrected chi connectivity index (χ2v) is 5.62. The van der Waals surface area contributed by atoms with Crippen molar-refractivity contribution in [2.24, 2.45) is 0 Å². The molecule has 0 bridgehead atoms. The minimum absolute atomic E-state index is 0.226. The van der Waals surface area contributed by atoms with Crippen LogP contribution in [-0.4, -0.2) is 24.6 Å². The van der Waals surface area contributed by atoms with E-state index in [0.717, 1.165) is 25.3 Å². The summed E-state index contributed by atoms with van der Waals surface area (Å²) in [6.45, 7) is 5.96. The molecule has 3 heteroatoms. The molecular formula is C14H20ClNO. The van der Waals surface area contributed by atoms with E-state index < -0.39 is 0 Å². The van der Waals surface area contributed by atoms with Crippen LogP contribution in [0.15, 0.2) is 24.3 Å². The van der Waals surface area contributed by atoms with Gasteiger partial charge in [-0.25, -0.2) is 0 Å². The number of para-hydroxylation sites is 1. The van der Waals surface area contributed by atoms with Gasteiger partial charge in [0.25, 0.3) is 0 Å². The summed E-state index contributed by atoms with van der Waals surface area (Å²) < 4.78 is 5.66. The van der Waals surface area contributed by atoms with Crippen LogP contribution in [0.3, 0.4) is 0 Å². The van der Waals surface area contributed by atoms with Gasteiger partial charge in [0.1, 0.15) is 5.75 Å². The highest BCUT2D eigenvalue weighted by Gasteiger charge is 2.23. The van der Waals surface area contributed by atoms with Crippen LogP contribution in [0.5, 0.6) is 5.75 Å². The van der Waals surface area contributed by atoms with Crippen molar-refractivity contribution in [3.8, 4) is 5.75 Å². The molecule has 1 N–H and O–H groups in total. The van der Waals surface area contributed by atoms with Crippen LogP contribution in [0.25, 0.3) is 0 Å². The molecule has 0 amide bonds. The Labute approximate surface area is 108 Å². The second kappa shape index (κ2) is 5.74. The number of halogens is 1. The Morgan fingerprint density at radius 1 is 1.41 bits per heavy atom. The SMILES string of the molecule is CC(Cl)CC(C)NCC1COc2ccccc21. The Kier molecular flexibility index (Phi) is 4.30. The molecule has 2 nitrogen and oxygen atoms in total. The van der Waals surface area contributed by atoms with Crippen LogP contribution in [0.4, 0.5) is 0 Å². The van der Waals surface area contributed by atoms with Gasteiger partial charge >= 0.3 is 0 Å². The third-order valence-electron chi connectivity index (χ3n) is 3.19. The Hall–Kier alpha value is -0.730. The fraction of sp³-hybridized carbons (Fsp3) is 0.571. The number of alkyl halides is 1. The Balaban J connectivity index is 1.85. The summed E-state index contributed by atoms with van der Waals surface area (Å²) >= 11 is 5.98. The topological polar surface area (TPSA) is 21.3 Å². The highest BCUT2D eigenvalue weighted by molar-refractivity contribution is 6.20. The van der Waals surface area contributed by atoms with Crippen LogP contribution in [0.1, 0.15) is 31.7 Å². The second-order valence-electron chi connectivity index (χ2n) is 4.87. The zero-order valence-electron chi connectivity index (χ0n) is 10.4. The van der Waals surface area contributed by atoms with Gasteiger partial charge in [0.15, 0.2) is 0 Å². The summed E-state index contributed by atoms with van der Waals surface area (Å²) in [4.78, 5) is 0. The first kappa shape index (κ1) is 12.7. The van der Waals surface area contributed by atoms with E-state index in [9.17, 15) is 0 Å². The number of hydrogen-bond acceptors (Lipinski definition) is 2. The van der Waals surface area contributed by atoms with Crippen LogP contribution in [-0.2, 0) is 0 Å². The van der Waals surface area contributed by atoms with E-state index in [0.29, 0.717) is 12.0 Å². The summed E-state index contributed by atoms with van der Waals surface area (Å²) in [5, 5.41) is 3.76. The van der Waals surface area contributed by atoms with E-state index in [4.69, 9.17) is 16.3 Å². The molecule has 1 aromatic carbocycles. The van der Waals surface area contributed by atoms with Gasteiger partial charge in [-0.05, 0) is 26.3 Å². The maximum absolute atomic E-state index is 5.98. The van der Waals surface area contributed by atoms with Gasteiger partial charge in [0.05, 0.1) is 6.61 Å². The number of nitrogens with one attached hydrogen (secondary N) is 1. The first-order valence-electron chi connectivity index (χ1n) is 6.26. The number of rotatable bonds is 5. The lowest BCUT2D eigenvalue weighted by atomic mass is 10.0. The molecule has 3 unspecified atom stereocenters. The van der Waals surface area contributed by atoms with E-state index in [1.165, 1.54) is 5.56 Å². The minimum atomic E-state index is 0.226. The smallest absolute Gasteiger partial charge is 0.122 e. The van der Waals surface area contributed by atoms with E-state index >= 15 is 0 Å². The van der Waals surface area contributed by atoms with Crippen molar-refractivity contribution in [1.29, 1.82) is 0 Å². The van der Waals surface area contributed by atoms with Gasteiger partial charge < -0.3 is 10.1 Å². The zero-order valence-corrected chi connectivity index (χ0v) is 11.2. The Morgan fingerprint density at radius 3 is 2.94 bits per heavy atom. The molecule has 0 fully saturated rings. The lowest BCUT2D eigenvalue weighted by molar-refractivity contribution is 0.322. The number of benzene rings is 1. The first-order chi connectivity index (χ1) is 8.16. The van der Waals surface area contributed by atoms with Gasteiger partial charge in [-0.1, -0.05) is 18.2 Å². The summed E-state index contributed by atoms with van der Waals surface area (Å²) in [5.41, 5.74) is 1.33. The first-order valence-corrected chi connectivity index (χ1v) is 6.69. The molecule has 1 aliphatic heterocycles. The van der Waals surface area contributed by atoms with Crippen LogP contribution in [0, 0.1) is 0 Å². The molecule has 0 aliphatic carbocycles. The van der Waals surface area contributed by atoms with Crippen LogP contribution < -0.4 is 10.1 Å². The van der Waals surface area contributed by atoms with E-state index in [2.05, 4.69) is 24.4 Å². The van der Waals surface area contributed by atoms with Gasteiger partial charge in [0.2, 0.25) is 0 Å². The third-order valence-corrected chi connectivity index (χ3v) is 3.37. The number of hydrogen-bond donors (Lipinski definition) is 1. The molecule has 2 rings (SSSR count). The third kappa shape index (κ3) is 3.36. The molecule has 94 valence electrons. The van der Waals surface area contributed by atoms with Gasteiger partial charge in [-0.2, -0.15) is 0 Å². The highest BCUT2D eigenvalue weighted by Crippen LogP contribution is 2.32. The Bertz CT molecular complexity index is 367. The number of ether oxygens (including phenoxy) is 1. The summed E-state index contributed by atoms with van der Waals surface area (Å²) in [6.07, 6.45) is 0.997. The fourth-order valence-corrected chi connectivity index (χ4v) is 2.58. The largest absolute Gasteiger partial charge is 0.493 e. The maximum atomic E-state index is 5.98. The molecule has 17 heavy (non-hydrogen) atoms. The normalized spacial score (nSPS) is 21.7. The van der Waals surface area contributed by atoms with Gasteiger partial charge in [-0.15, -0.1) is 11.6 Å². The number of fused-ring (bicyclic) bond motifs is 1. The van der Waals surface area contributed by atoms with Crippen molar-refractivity contribution >= 4 is 11.6 Å². The van der Waals surface area contributed by atoms with Crippen LogP contribution >= 0.6 is 11.6 Å². The molecule has 0 saturated carbocycles. The summed E-state index contributed by atoms with van der Waals surface area (Å²) in [6, 6.07) is 8.75. The van der Waals surface area contributed by atoms with Crippen molar-refractivity contribution < 1.29 is 4.74 Å². The van der Waals surface area contributed by atoms with Crippen molar-refractivity contribution in [2.75, 3.05) is 13.2 Å². The predicted octanol–water partition coefficient (Wildman–Crippen LogP) is 3.16. The monoisotopic (exact) mass is 253 g/mol. The predicted molar refractivity (Wildman–Crippen MR) is 72.1 cm³/mol. The van der Waals surface area contributed by atoms with Crippen molar-refractivity contribution in [3.63, 3.8) is 0 Å². The van der Waals surface area contributed by atoms with Crippen LogP contribution in [0.2, 0.25) is 0 Å². The molecular weight excluding hydrogens is 234 g/mol. The van der Waals surface area contributed by atoms with E-state index in [1.54, 1.807) is 0 Å². The lowest BCUT2D eigenvalue weighted by Crippen LogP contribution is -2.32. The van der Waals surface area contributed by atoms with Gasteiger partial charge in [0, 0.05) is 29.4 Å². The quantitative estimate of drug-likeness (QED) is 0.814. The molecule has 0 radical (unpaired) electrons. The Morgan fingerprint density at radius 2 is 2.18 bits per heavy atom. The highest BCUT2D eigenvalue weighted by atomic mass is 35.5. The molecule has 3 atom stereocenters. The molecule has 1 heterocycles. The minimum Gasteiger partial charge on any atom is -0.493 e. The molecule has 0 aromatic heterocycles. The van der Waals surface area contributed by atoms with E-state index in [-0.39, 0.29) is 5.38 Å². The van der Waals surface area contributed by atoms with Gasteiger partial charge in [-0.3, -0.25) is 0 Å². The average Bonchev–Trinajstić information content (AvgIpc) is 2.69. The average molecular weight is 254 g/mol. The molecule has 0 saturated heterocycles. The zero-order chi connectivity index (χ0) is 12.3. The molecule has 0 spiro atoms. The fourth-order valence-electron chi connectivity index (χ4n) is 2.31. The summed E-state index contributed by atoms with van der Waals surface area (Å²) in [7, 11) is 0. The maximum Gasteiger partial charge on any atom is 0.122 e. The van der Waals surface area contributed by atoms with Crippen molar-refractivity contribution in [3.05, 3.63) is 29.8 Å². The standard InChI is InChI=1S/C14H20ClNO/c1-10(15)7-11(2)16-8-12-9-17-14-6-4-3-5-13(12)14/h3-6,10-12,16H,7-9H2,1-2H3. The van der Waals surface area contributed by atoms with Crippen molar-refractivity contribution in [2.45, 2.75) is 37.6 Å². The lowest BCUT2D eigenvalue weighted by Gasteiger charge is -2.17. The van der Waals surface area contributed by atoms with Crippen molar-refractivity contribution in [1.82, 2.24) is 5.32 Å².